The third kappa shape index (κ3) is 1.70. The van der Waals surface area contributed by atoms with Crippen molar-refractivity contribution in [2.24, 2.45) is 5.73 Å². The number of aromatic hydroxyl groups is 1. The van der Waals surface area contributed by atoms with Crippen molar-refractivity contribution in [1.82, 2.24) is 0 Å². The van der Waals surface area contributed by atoms with Crippen molar-refractivity contribution >= 4 is 0 Å². The number of phenols is 1. The van der Waals surface area contributed by atoms with Gasteiger partial charge in [-0.15, -0.1) is 0 Å². The molecular formula is C10H13F2NO. The van der Waals surface area contributed by atoms with Crippen LogP contribution in [0.3, 0.4) is 0 Å². The molecular weight excluding hydrogens is 188 g/mol. The molecule has 0 heterocycles. The lowest BCUT2D eigenvalue weighted by molar-refractivity contribution is 0.384. The maximum absolute atomic E-state index is 13.3. The van der Waals surface area contributed by atoms with Crippen LogP contribution in [0, 0.1) is 11.6 Å². The quantitative estimate of drug-likeness (QED) is 0.770. The van der Waals surface area contributed by atoms with Gasteiger partial charge in [-0.2, -0.15) is 4.39 Å². The van der Waals surface area contributed by atoms with Crippen LogP contribution in [0.25, 0.3) is 0 Å². The average Bonchev–Trinajstić information content (AvgIpc) is 2.14. The van der Waals surface area contributed by atoms with Crippen molar-refractivity contribution in [1.29, 1.82) is 0 Å². The van der Waals surface area contributed by atoms with E-state index in [4.69, 9.17) is 10.8 Å². The lowest BCUT2D eigenvalue weighted by atomic mass is 9.90. The van der Waals surface area contributed by atoms with E-state index >= 15 is 0 Å². The number of hydrogen-bond donors (Lipinski definition) is 2. The molecule has 1 atom stereocenters. The number of phenolic OH excluding ortho intramolecular Hbond substituents is 1. The maximum Gasteiger partial charge on any atom is 0.200 e. The average molecular weight is 201 g/mol. The minimum Gasteiger partial charge on any atom is -0.505 e. The van der Waals surface area contributed by atoms with Gasteiger partial charge in [0.25, 0.3) is 0 Å². The first-order chi connectivity index (χ1) is 6.40. The van der Waals surface area contributed by atoms with Crippen molar-refractivity contribution in [2.45, 2.75) is 25.8 Å². The summed E-state index contributed by atoms with van der Waals surface area (Å²) in [6.07, 6.45) is 0.480. The van der Waals surface area contributed by atoms with Crippen molar-refractivity contribution in [2.75, 3.05) is 0 Å². The Bertz CT molecular complexity index is 350. The smallest absolute Gasteiger partial charge is 0.200 e. The highest BCUT2D eigenvalue weighted by Crippen LogP contribution is 2.29. The van der Waals surface area contributed by atoms with E-state index in [9.17, 15) is 8.78 Å². The van der Waals surface area contributed by atoms with Crippen molar-refractivity contribution in [3.63, 3.8) is 0 Å². The van der Waals surface area contributed by atoms with Gasteiger partial charge < -0.3 is 10.8 Å². The summed E-state index contributed by atoms with van der Waals surface area (Å²) in [5.41, 5.74) is 4.93. The van der Waals surface area contributed by atoms with Crippen molar-refractivity contribution < 1.29 is 13.9 Å². The van der Waals surface area contributed by atoms with E-state index in [0.29, 0.717) is 6.42 Å². The Kier molecular flexibility index (Phi) is 2.76. The van der Waals surface area contributed by atoms with Crippen LogP contribution < -0.4 is 5.73 Å². The van der Waals surface area contributed by atoms with Gasteiger partial charge in [0.2, 0.25) is 5.82 Å². The van der Waals surface area contributed by atoms with Gasteiger partial charge in [-0.3, -0.25) is 0 Å². The molecule has 14 heavy (non-hydrogen) atoms. The fourth-order valence-corrected chi connectivity index (χ4v) is 1.17. The van der Waals surface area contributed by atoms with E-state index in [0.717, 1.165) is 6.07 Å². The van der Waals surface area contributed by atoms with E-state index in [-0.39, 0.29) is 5.56 Å². The van der Waals surface area contributed by atoms with E-state index in [1.54, 1.807) is 13.8 Å². The monoisotopic (exact) mass is 201 g/mol. The summed E-state index contributed by atoms with van der Waals surface area (Å²) < 4.78 is 26.3. The zero-order valence-corrected chi connectivity index (χ0v) is 8.14. The summed E-state index contributed by atoms with van der Waals surface area (Å²) in [5.74, 6) is -3.01. The zero-order chi connectivity index (χ0) is 10.9. The number of hydrogen-bond acceptors (Lipinski definition) is 2. The van der Waals surface area contributed by atoms with Crippen LogP contribution in [-0.4, -0.2) is 5.11 Å². The van der Waals surface area contributed by atoms with Gasteiger partial charge in [0.15, 0.2) is 11.6 Å². The lowest BCUT2D eigenvalue weighted by Gasteiger charge is -2.24. The summed E-state index contributed by atoms with van der Waals surface area (Å²) in [5, 5.41) is 8.91. The second kappa shape index (κ2) is 3.53. The van der Waals surface area contributed by atoms with Crippen LogP contribution in [0.2, 0.25) is 0 Å². The molecule has 0 spiro atoms. The van der Waals surface area contributed by atoms with Gasteiger partial charge >= 0.3 is 0 Å². The third-order valence-corrected chi connectivity index (χ3v) is 2.41. The topological polar surface area (TPSA) is 46.2 Å². The Labute approximate surface area is 81.4 Å². The fourth-order valence-electron chi connectivity index (χ4n) is 1.17. The first-order valence-electron chi connectivity index (χ1n) is 4.36. The summed E-state index contributed by atoms with van der Waals surface area (Å²) >= 11 is 0. The molecule has 0 aliphatic carbocycles. The number of nitrogens with two attached hydrogens (primary N) is 1. The largest absolute Gasteiger partial charge is 0.505 e. The van der Waals surface area contributed by atoms with Crippen molar-refractivity contribution in [3.8, 4) is 5.75 Å². The molecule has 1 rings (SSSR count). The van der Waals surface area contributed by atoms with Gasteiger partial charge in [-0.25, -0.2) is 4.39 Å². The molecule has 0 bridgehead atoms. The molecule has 1 unspecified atom stereocenters. The Morgan fingerprint density at radius 2 is 1.93 bits per heavy atom. The molecule has 1 aromatic carbocycles. The van der Waals surface area contributed by atoms with Crippen molar-refractivity contribution in [3.05, 3.63) is 29.3 Å². The minimum atomic E-state index is -1.24. The predicted octanol–water partition coefficient (Wildman–Crippen LogP) is 2.25. The van der Waals surface area contributed by atoms with E-state index in [1.165, 1.54) is 6.07 Å². The first-order valence-corrected chi connectivity index (χ1v) is 4.36. The highest BCUT2D eigenvalue weighted by molar-refractivity contribution is 5.33. The summed E-state index contributed by atoms with van der Waals surface area (Å²) in [6.45, 7) is 3.39. The van der Waals surface area contributed by atoms with Crippen LogP contribution in [-0.2, 0) is 5.54 Å². The van der Waals surface area contributed by atoms with Crippen LogP contribution in [0.1, 0.15) is 25.8 Å². The van der Waals surface area contributed by atoms with Crippen LogP contribution >= 0.6 is 0 Å². The molecule has 0 fully saturated rings. The fraction of sp³-hybridized carbons (Fsp3) is 0.400. The Balaban J connectivity index is 3.31. The van der Waals surface area contributed by atoms with Gasteiger partial charge in [-0.1, -0.05) is 13.0 Å². The molecule has 0 aliphatic heterocycles. The summed E-state index contributed by atoms with van der Waals surface area (Å²) in [6, 6.07) is 2.41. The predicted molar refractivity (Wildman–Crippen MR) is 49.9 cm³/mol. The molecule has 78 valence electrons. The Morgan fingerprint density at radius 3 is 2.43 bits per heavy atom. The molecule has 0 amide bonds. The highest BCUT2D eigenvalue weighted by Gasteiger charge is 2.25. The van der Waals surface area contributed by atoms with Crippen LogP contribution in [0.4, 0.5) is 8.78 Å². The maximum atomic E-state index is 13.3. The molecule has 0 radical (unpaired) electrons. The number of benzene rings is 1. The SMILES string of the molecule is CCC(C)(N)c1ccc(O)c(F)c1F. The molecule has 1 aromatic rings. The van der Waals surface area contributed by atoms with E-state index < -0.39 is 22.9 Å². The van der Waals surface area contributed by atoms with E-state index in [1.807, 2.05) is 0 Å². The zero-order valence-electron chi connectivity index (χ0n) is 8.14. The van der Waals surface area contributed by atoms with Gasteiger partial charge in [0.05, 0.1) is 0 Å². The molecule has 0 saturated heterocycles. The standard InChI is InChI=1S/C10H13F2NO/c1-3-10(2,13)6-4-5-7(14)9(12)8(6)11/h4-5,14H,3,13H2,1-2H3. The number of halogens is 2. The molecule has 2 nitrogen and oxygen atoms in total. The molecule has 0 aromatic heterocycles. The second-order valence-corrected chi connectivity index (χ2v) is 3.53. The summed E-state index contributed by atoms with van der Waals surface area (Å²) in [7, 11) is 0. The first kappa shape index (κ1) is 10.9. The highest BCUT2D eigenvalue weighted by atomic mass is 19.2. The summed E-state index contributed by atoms with van der Waals surface area (Å²) in [4.78, 5) is 0. The lowest BCUT2D eigenvalue weighted by Crippen LogP contribution is -2.33. The van der Waals surface area contributed by atoms with Gasteiger partial charge in [0, 0.05) is 11.1 Å². The normalized spacial score (nSPS) is 15.2. The molecule has 3 N–H and O–H groups in total. The minimum absolute atomic E-state index is 0.0790. The van der Waals surface area contributed by atoms with Crippen LogP contribution in [0.5, 0.6) is 5.75 Å². The second-order valence-electron chi connectivity index (χ2n) is 3.53. The van der Waals surface area contributed by atoms with Gasteiger partial charge in [0.1, 0.15) is 0 Å². The number of rotatable bonds is 2. The third-order valence-electron chi connectivity index (χ3n) is 2.41. The Hall–Kier alpha value is -1.16. The molecule has 4 heteroatoms. The van der Waals surface area contributed by atoms with Gasteiger partial charge in [-0.05, 0) is 19.4 Å². The molecule has 0 aliphatic rings. The Morgan fingerprint density at radius 1 is 1.36 bits per heavy atom. The van der Waals surface area contributed by atoms with Crippen LogP contribution in [0.15, 0.2) is 12.1 Å². The van der Waals surface area contributed by atoms with E-state index in [2.05, 4.69) is 0 Å². The molecule has 0 saturated carbocycles.